The summed E-state index contributed by atoms with van der Waals surface area (Å²) in [4.78, 5) is 25.9. The number of benzene rings is 1. The molecule has 0 amide bonds. The number of esters is 1. The third kappa shape index (κ3) is 4.13. The van der Waals surface area contributed by atoms with Crippen LogP contribution in [0.2, 0.25) is 0 Å². The van der Waals surface area contributed by atoms with Crippen molar-refractivity contribution in [1.29, 1.82) is 0 Å². The van der Waals surface area contributed by atoms with Crippen LogP contribution in [-0.2, 0) is 16.0 Å². The van der Waals surface area contributed by atoms with Crippen LogP contribution in [0.3, 0.4) is 0 Å². The third-order valence-corrected chi connectivity index (χ3v) is 5.53. The maximum atomic E-state index is 13.3. The summed E-state index contributed by atoms with van der Waals surface area (Å²) < 4.78 is 22.9. The highest BCUT2D eigenvalue weighted by Gasteiger charge is 2.27. The Labute approximate surface area is 174 Å². The summed E-state index contributed by atoms with van der Waals surface area (Å²) in [7, 11) is 0. The van der Waals surface area contributed by atoms with Crippen LogP contribution in [0.5, 0.6) is 5.75 Å². The number of carbonyl (C=O) groups is 1. The molecular weight excluding hydrogens is 384 g/mol. The van der Waals surface area contributed by atoms with Crippen LogP contribution in [0.1, 0.15) is 51.5 Å². The lowest BCUT2D eigenvalue weighted by atomic mass is 9.98. The van der Waals surface area contributed by atoms with Crippen molar-refractivity contribution < 1.29 is 23.1 Å². The Morgan fingerprint density at radius 1 is 1.20 bits per heavy atom. The van der Waals surface area contributed by atoms with Gasteiger partial charge in [-0.1, -0.05) is 19.4 Å². The highest BCUT2D eigenvalue weighted by atomic mass is 16.6. The molecule has 1 aliphatic rings. The zero-order valence-electron chi connectivity index (χ0n) is 17.3. The van der Waals surface area contributed by atoms with Crippen molar-refractivity contribution in [2.45, 2.75) is 64.6 Å². The fraction of sp³-hybridized carbons (Fsp3) is 0.417. The third-order valence-electron chi connectivity index (χ3n) is 5.53. The van der Waals surface area contributed by atoms with Crippen LogP contribution < -0.4 is 10.2 Å². The van der Waals surface area contributed by atoms with E-state index in [9.17, 15) is 9.59 Å². The molecule has 1 aliphatic carbocycles. The molecule has 2 heterocycles. The lowest BCUT2D eigenvalue weighted by Gasteiger charge is -2.23. The standard InChI is InChI=1S/C24H26O6/c1-3-16-11-12-19-18(14-16)21(25)23(22(30-19)20-10-7-13-27-20)28-15(2)24(26)29-17-8-5-4-6-9-17/h7,10-15,17H,3-6,8-9H2,1-2H3/t15-/m1/s1. The van der Waals surface area contributed by atoms with Crippen LogP contribution in [-0.4, -0.2) is 18.2 Å². The van der Waals surface area contributed by atoms with Gasteiger partial charge >= 0.3 is 5.97 Å². The minimum Gasteiger partial charge on any atom is -0.471 e. The molecule has 0 bridgehead atoms. The van der Waals surface area contributed by atoms with Crippen molar-refractivity contribution in [3.63, 3.8) is 0 Å². The minimum atomic E-state index is -0.949. The van der Waals surface area contributed by atoms with Crippen molar-refractivity contribution in [2.24, 2.45) is 0 Å². The minimum absolute atomic E-state index is 0.0428. The van der Waals surface area contributed by atoms with Crippen LogP contribution in [0, 0.1) is 0 Å². The number of aryl methyl sites for hydroxylation is 1. The molecule has 0 radical (unpaired) electrons. The van der Waals surface area contributed by atoms with Gasteiger partial charge in [-0.25, -0.2) is 4.79 Å². The van der Waals surface area contributed by atoms with Gasteiger partial charge in [-0.15, -0.1) is 0 Å². The molecule has 0 aliphatic heterocycles. The van der Waals surface area contributed by atoms with E-state index in [2.05, 4.69) is 0 Å². The molecule has 3 aromatic rings. The van der Waals surface area contributed by atoms with Gasteiger partial charge in [0.2, 0.25) is 16.9 Å². The first-order valence-electron chi connectivity index (χ1n) is 10.6. The van der Waals surface area contributed by atoms with E-state index in [-0.39, 0.29) is 23.0 Å². The lowest BCUT2D eigenvalue weighted by Crippen LogP contribution is -2.32. The van der Waals surface area contributed by atoms with Gasteiger partial charge in [-0.05, 0) is 68.9 Å². The fourth-order valence-electron chi connectivity index (χ4n) is 3.79. The molecule has 4 rings (SSSR count). The van der Waals surface area contributed by atoms with E-state index in [1.54, 1.807) is 31.2 Å². The molecule has 0 saturated heterocycles. The Bertz CT molecular complexity index is 1070. The normalized spacial score (nSPS) is 15.8. The zero-order chi connectivity index (χ0) is 21.1. The maximum absolute atomic E-state index is 13.3. The highest BCUT2D eigenvalue weighted by molar-refractivity contribution is 5.82. The fourth-order valence-corrected chi connectivity index (χ4v) is 3.79. The zero-order valence-corrected chi connectivity index (χ0v) is 17.3. The quantitative estimate of drug-likeness (QED) is 0.516. The molecule has 1 saturated carbocycles. The van der Waals surface area contributed by atoms with E-state index in [4.69, 9.17) is 18.3 Å². The number of hydrogen-bond acceptors (Lipinski definition) is 6. The number of hydrogen-bond donors (Lipinski definition) is 0. The lowest BCUT2D eigenvalue weighted by molar-refractivity contribution is -0.158. The SMILES string of the molecule is CCc1ccc2oc(-c3ccco3)c(O[C@H](C)C(=O)OC3CCCCC3)c(=O)c2c1. The molecule has 0 unspecified atom stereocenters. The van der Waals surface area contributed by atoms with Crippen molar-refractivity contribution in [3.05, 3.63) is 52.4 Å². The molecule has 0 N–H and O–H groups in total. The molecule has 1 atom stereocenters. The Kier molecular flexibility index (Phi) is 5.93. The number of fused-ring (bicyclic) bond motifs is 1. The summed E-state index contributed by atoms with van der Waals surface area (Å²) in [6.07, 6.45) is 6.28. The summed E-state index contributed by atoms with van der Waals surface area (Å²) in [5, 5.41) is 0.410. The molecule has 158 valence electrons. The first-order valence-corrected chi connectivity index (χ1v) is 10.6. The summed E-state index contributed by atoms with van der Waals surface area (Å²) in [6.45, 7) is 3.60. The van der Waals surface area contributed by atoms with Gasteiger partial charge in [0.05, 0.1) is 11.6 Å². The summed E-state index contributed by atoms with van der Waals surface area (Å²) in [6, 6.07) is 8.87. The first-order chi connectivity index (χ1) is 14.6. The molecular formula is C24H26O6. The molecule has 6 heteroatoms. The predicted octanol–water partition coefficient (Wildman–Crippen LogP) is 5.26. The average Bonchev–Trinajstić information content (AvgIpc) is 3.30. The second-order valence-corrected chi connectivity index (χ2v) is 7.71. The van der Waals surface area contributed by atoms with Gasteiger partial charge in [-0.3, -0.25) is 4.79 Å². The number of carbonyl (C=O) groups excluding carboxylic acids is 1. The van der Waals surface area contributed by atoms with Crippen LogP contribution in [0.15, 0.2) is 50.2 Å². The summed E-state index contributed by atoms with van der Waals surface area (Å²) in [5.41, 5.74) is 1.11. The largest absolute Gasteiger partial charge is 0.471 e. The van der Waals surface area contributed by atoms with Crippen molar-refractivity contribution in [1.82, 2.24) is 0 Å². The smallest absolute Gasteiger partial charge is 0.347 e. The van der Waals surface area contributed by atoms with Crippen molar-refractivity contribution in [2.75, 3.05) is 0 Å². The van der Waals surface area contributed by atoms with E-state index in [1.165, 1.54) is 12.7 Å². The van der Waals surface area contributed by atoms with Gasteiger partial charge in [0.25, 0.3) is 0 Å². The molecule has 1 fully saturated rings. The van der Waals surface area contributed by atoms with Crippen LogP contribution >= 0.6 is 0 Å². The van der Waals surface area contributed by atoms with Crippen LogP contribution in [0.25, 0.3) is 22.5 Å². The second kappa shape index (κ2) is 8.78. The van der Waals surface area contributed by atoms with Crippen LogP contribution in [0.4, 0.5) is 0 Å². The average molecular weight is 410 g/mol. The number of furan rings is 1. The topological polar surface area (TPSA) is 78.9 Å². The molecule has 1 aromatic carbocycles. The molecule has 30 heavy (non-hydrogen) atoms. The van der Waals surface area contributed by atoms with Gasteiger partial charge < -0.3 is 18.3 Å². The van der Waals surface area contributed by atoms with E-state index in [1.807, 2.05) is 13.0 Å². The van der Waals surface area contributed by atoms with Crippen molar-refractivity contribution in [3.8, 4) is 17.3 Å². The highest BCUT2D eigenvalue weighted by Crippen LogP contribution is 2.32. The van der Waals surface area contributed by atoms with E-state index in [0.717, 1.165) is 37.7 Å². The predicted molar refractivity (Wildman–Crippen MR) is 113 cm³/mol. The molecule has 2 aromatic heterocycles. The van der Waals surface area contributed by atoms with Gasteiger partial charge in [0, 0.05) is 0 Å². The van der Waals surface area contributed by atoms with Gasteiger partial charge in [0.15, 0.2) is 11.9 Å². The monoisotopic (exact) mass is 410 g/mol. The second-order valence-electron chi connectivity index (χ2n) is 7.71. The van der Waals surface area contributed by atoms with E-state index < -0.39 is 12.1 Å². The van der Waals surface area contributed by atoms with E-state index in [0.29, 0.717) is 16.7 Å². The Morgan fingerprint density at radius 3 is 2.70 bits per heavy atom. The Hall–Kier alpha value is -3.02. The van der Waals surface area contributed by atoms with E-state index >= 15 is 0 Å². The van der Waals surface area contributed by atoms with Gasteiger partial charge in [-0.2, -0.15) is 0 Å². The van der Waals surface area contributed by atoms with Gasteiger partial charge in [0.1, 0.15) is 11.7 Å². The first kappa shape index (κ1) is 20.3. The maximum Gasteiger partial charge on any atom is 0.347 e. The summed E-state index contributed by atoms with van der Waals surface area (Å²) >= 11 is 0. The molecule has 6 nitrogen and oxygen atoms in total. The Morgan fingerprint density at radius 2 is 2.00 bits per heavy atom. The molecule has 0 spiro atoms. The number of rotatable bonds is 6. The Balaban J connectivity index is 1.68. The summed E-state index contributed by atoms with van der Waals surface area (Å²) in [5.74, 6) is 0.00313. The number of ether oxygens (including phenoxy) is 2. The van der Waals surface area contributed by atoms with Crippen molar-refractivity contribution >= 4 is 16.9 Å².